The van der Waals surface area contributed by atoms with Gasteiger partial charge in [-0.05, 0) is 43.0 Å². The molecule has 2 heterocycles. The van der Waals surface area contributed by atoms with Gasteiger partial charge in [0.05, 0.1) is 11.4 Å². The maximum Gasteiger partial charge on any atom is 0.307 e. The van der Waals surface area contributed by atoms with Crippen molar-refractivity contribution < 1.29 is 14.6 Å². The fourth-order valence-corrected chi connectivity index (χ4v) is 3.96. The highest BCUT2D eigenvalue weighted by Crippen LogP contribution is 2.36. The molecule has 0 unspecified atom stereocenters. The first-order valence-corrected chi connectivity index (χ1v) is 8.67. The summed E-state index contributed by atoms with van der Waals surface area (Å²) < 4.78 is 6.78. The first-order chi connectivity index (χ1) is 11.4. The van der Waals surface area contributed by atoms with Crippen molar-refractivity contribution in [3.8, 4) is 5.75 Å². The highest BCUT2D eigenvalue weighted by molar-refractivity contribution is 7.17. The number of rotatable bonds is 5. The van der Waals surface area contributed by atoms with E-state index in [1.807, 2.05) is 37.4 Å². The zero-order chi connectivity index (χ0) is 17.3. The molecule has 0 amide bonds. The lowest BCUT2D eigenvalue weighted by Gasteiger charge is -2.10. The van der Waals surface area contributed by atoms with Gasteiger partial charge in [-0.25, -0.2) is 0 Å². The number of aromatic nitrogens is 1. The van der Waals surface area contributed by atoms with Crippen molar-refractivity contribution in [2.75, 3.05) is 0 Å². The standard InChI is InChI=1S/C18H16ClNO3S/c1-10-3-4-12(11(2)20-10)8-23-14-6-15(19)18-13(5-17(21)22)9-24-16(18)7-14/h3-4,6-7,9H,5,8H2,1-2H3,(H,21,22). The van der Waals surface area contributed by atoms with Crippen LogP contribution in [0.3, 0.4) is 0 Å². The second kappa shape index (κ2) is 6.79. The fourth-order valence-electron chi connectivity index (χ4n) is 2.56. The largest absolute Gasteiger partial charge is 0.489 e. The molecule has 24 heavy (non-hydrogen) atoms. The van der Waals surface area contributed by atoms with Crippen molar-refractivity contribution in [1.82, 2.24) is 4.98 Å². The number of thiophene rings is 1. The van der Waals surface area contributed by atoms with E-state index < -0.39 is 5.97 Å². The van der Waals surface area contributed by atoms with Crippen LogP contribution in [0.15, 0.2) is 29.6 Å². The summed E-state index contributed by atoms with van der Waals surface area (Å²) >= 11 is 7.82. The third-order valence-corrected chi connectivity index (χ3v) is 5.02. The number of pyridine rings is 1. The smallest absolute Gasteiger partial charge is 0.307 e. The number of hydrogen-bond donors (Lipinski definition) is 1. The molecule has 0 bridgehead atoms. The number of carboxylic acids is 1. The molecule has 3 rings (SSSR count). The quantitative estimate of drug-likeness (QED) is 0.710. The van der Waals surface area contributed by atoms with Crippen molar-refractivity contribution in [1.29, 1.82) is 0 Å². The van der Waals surface area contributed by atoms with Crippen molar-refractivity contribution in [3.63, 3.8) is 0 Å². The SMILES string of the molecule is Cc1ccc(COc2cc(Cl)c3c(CC(=O)O)csc3c2)c(C)n1. The van der Waals surface area contributed by atoms with Gasteiger partial charge in [0, 0.05) is 27.0 Å². The number of hydrogen-bond acceptors (Lipinski definition) is 4. The Labute approximate surface area is 148 Å². The number of halogens is 1. The van der Waals surface area contributed by atoms with Gasteiger partial charge in [-0.3, -0.25) is 9.78 Å². The summed E-state index contributed by atoms with van der Waals surface area (Å²) in [5.74, 6) is -0.204. The summed E-state index contributed by atoms with van der Waals surface area (Å²) in [4.78, 5) is 15.4. The predicted octanol–water partition coefficient (Wildman–Crippen LogP) is 4.77. The van der Waals surface area contributed by atoms with Crippen LogP contribution in [0, 0.1) is 13.8 Å². The molecular weight excluding hydrogens is 346 g/mol. The number of aliphatic carboxylic acids is 1. The van der Waals surface area contributed by atoms with Gasteiger partial charge in [-0.1, -0.05) is 17.7 Å². The van der Waals surface area contributed by atoms with Crippen LogP contribution in [0.1, 0.15) is 22.5 Å². The highest BCUT2D eigenvalue weighted by atomic mass is 35.5. The third-order valence-electron chi connectivity index (χ3n) is 3.75. The van der Waals surface area contributed by atoms with Crippen LogP contribution in [-0.4, -0.2) is 16.1 Å². The molecule has 0 aliphatic carbocycles. The Hall–Kier alpha value is -2.11. The highest BCUT2D eigenvalue weighted by Gasteiger charge is 2.13. The molecule has 0 aliphatic rings. The zero-order valence-electron chi connectivity index (χ0n) is 13.3. The lowest BCUT2D eigenvalue weighted by atomic mass is 10.1. The number of carbonyl (C=O) groups is 1. The number of benzene rings is 1. The summed E-state index contributed by atoms with van der Waals surface area (Å²) in [5.41, 5.74) is 3.68. The Balaban J connectivity index is 1.84. The summed E-state index contributed by atoms with van der Waals surface area (Å²) in [6.45, 7) is 4.32. The van der Waals surface area contributed by atoms with Gasteiger partial charge in [0.15, 0.2) is 0 Å². The summed E-state index contributed by atoms with van der Waals surface area (Å²) in [6, 6.07) is 7.60. The summed E-state index contributed by atoms with van der Waals surface area (Å²) in [6.07, 6.45) is -0.0336. The maximum absolute atomic E-state index is 10.9. The van der Waals surface area contributed by atoms with E-state index in [-0.39, 0.29) is 6.42 Å². The van der Waals surface area contributed by atoms with E-state index in [2.05, 4.69) is 4.98 Å². The molecule has 4 nitrogen and oxygen atoms in total. The molecule has 2 aromatic heterocycles. The number of ether oxygens (including phenoxy) is 1. The molecule has 0 radical (unpaired) electrons. The van der Waals surface area contributed by atoms with E-state index in [9.17, 15) is 4.79 Å². The van der Waals surface area contributed by atoms with E-state index >= 15 is 0 Å². The molecule has 3 aromatic rings. The van der Waals surface area contributed by atoms with Crippen molar-refractivity contribution in [3.05, 3.63) is 57.2 Å². The molecule has 1 aromatic carbocycles. The van der Waals surface area contributed by atoms with Gasteiger partial charge in [0.1, 0.15) is 12.4 Å². The van der Waals surface area contributed by atoms with Gasteiger partial charge < -0.3 is 9.84 Å². The minimum Gasteiger partial charge on any atom is -0.489 e. The Morgan fingerprint density at radius 3 is 2.79 bits per heavy atom. The molecular formula is C18H16ClNO3S. The van der Waals surface area contributed by atoms with E-state index in [1.54, 1.807) is 6.07 Å². The van der Waals surface area contributed by atoms with E-state index in [1.165, 1.54) is 11.3 Å². The lowest BCUT2D eigenvalue weighted by Crippen LogP contribution is -2.01. The molecule has 0 spiro atoms. The van der Waals surface area contributed by atoms with Crippen LogP contribution in [-0.2, 0) is 17.8 Å². The van der Waals surface area contributed by atoms with Gasteiger partial charge in [-0.15, -0.1) is 11.3 Å². The van der Waals surface area contributed by atoms with Crippen LogP contribution < -0.4 is 4.74 Å². The molecule has 124 valence electrons. The average molecular weight is 362 g/mol. The Morgan fingerprint density at radius 2 is 2.08 bits per heavy atom. The van der Waals surface area contributed by atoms with Crippen LogP contribution in [0.4, 0.5) is 0 Å². The number of aryl methyl sites for hydroxylation is 2. The van der Waals surface area contributed by atoms with Crippen LogP contribution >= 0.6 is 22.9 Å². The number of fused-ring (bicyclic) bond motifs is 1. The maximum atomic E-state index is 10.9. The monoisotopic (exact) mass is 361 g/mol. The van der Waals surface area contributed by atoms with Crippen molar-refractivity contribution >= 4 is 39.0 Å². The summed E-state index contributed by atoms with van der Waals surface area (Å²) in [7, 11) is 0. The Kier molecular flexibility index (Phi) is 4.73. The lowest BCUT2D eigenvalue weighted by molar-refractivity contribution is -0.136. The van der Waals surface area contributed by atoms with E-state index in [0.717, 1.165) is 32.6 Å². The molecule has 0 aliphatic heterocycles. The topological polar surface area (TPSA) is 59.4 Å². The van der Waals surface area contributed by atoms with Crippen molar-refractivity contribution in [2.45, 2.75) is 26.9 Å². The van der Waals surface area contributed by atoms with Gasteiger partial charge in [0.2, 0.25) is 0 Å². The molecule has 0 saturated heterocycles. The van der Waals surface area contributed by atoms with Gasteiger partial charge in [-0.2, -0.15) is 0 Å². The van der Waals surface area contributed by atoms with Crippen molar-refractivity contribution in [2.24, 2.45) is 0 Å². The fraction of sp³-hybridized carbons (Fsp3) is 0.222. The first-order valence-electron chi connectivity index (χ1n) is 7.41. The first kappa shape index (κ1) is 16.7. The van der Waals surface area contributed by atoms with E-state index in [0.29, 0.717) is 17.4 Å². The molecule has 1 N–H and O–H groups in total. The minimum atomic E-state index is -0.867. The molecule has 0 fully saturated rings. The van der Waals surface area contributed by atoms with Crippen LogP contribution in [0.2, 0.25) is 5.02 Å². The minimum absolute atomic E-state index is 0.0336. The number of carboxylic acid groups (broad SMARTS) is 1. The molecule has 6 heteroatoms. The van der Waals surface area contributed by atoms with Crippen LogP contribution in [0.5, 0.6) is 5.75 Å². The zero-order valence-corrected chi connectivity index (χ0v) is 14.9. The predicted molar refractivity (Wildman–Crippen MR) is 96.2 cm³/mol. The average Bonchev–Trinajstić information content (AvgIpc) is 2.89. The van der Waals surface area contributed by atoms with Gasteiger partial charge >= 0.3 is 5.97 Å². The van der Waals surface area contributed by atoms with Gasteiger partial charge in [0.25, 0.3) is 0 Å². The summed E-state index contributed by atoms with van der Waals surface area (Å²) in [5, 5.41) is 12.1. The Morgan fingerprint density at radius 1 is 1.29 bits per heavy atom. The normalized spacial score (nSPS) is 11.0. The second-order valence-corrected chi connectivity index (χ2v) is 6.91. The molecule has 0 saturated carbocycles. The second-order valence-electron chi connectivity index (χ2n) is 5.60. The molecule has 0 atom stereocenters. The number of nitrogens with zero attached hydrogens (tertiary/aromatic N) is 1. The van der Waals surface area contributed by atoms with Crippen LogP contribution in [0.25, 0.3) is 10.1 Å². The Bertz CT molecular complexity index is 920. The van der Waals surface area contributed by atoms with E-state index in [4.69, 9.17) is 21.4 Å². The third kappa shape index (κ3) is 3.52.